The molecule has 0 bridgehead atoms. The van der Waals surface area contributed by atoms with Gasteiger partial charge in [0.05, 0.1) is 12.6 Å². The van der Waals surface area contributed by atoms with Gasteiger partial charge in [-0.2, -0.15) is 0 Å². The zero-order valence-corrected chi connectivity index (χ0v) is 12.5. The van der Waals surface area contributed by atoms with Gasteiger partial charge in [-0.3, -0.25) is 0 Å². The summed E-state index contributed by atoms with van der Waals surface area (Å²) in [5, 5.41) is 11.8. The highest BCUT2D eigenvalue weighted by molar-refractivity contribution is 5.65. The molecule has 20 heavy (non-hydrogen) atoms. The van der Waals surface area contributed by atoms with Crippen LogP contribution in [0.15, 0.2) is 24.3 Å². The Morgan fingerprint density at radius 2 is 2.10 bits per heavy atom. The average molecular weight is 277 g/mol. The van der Waals surface area contributed by atoms with Gasteiger partial charge in [0.25, 0.3) is 0 Å². The predicted octanol–water partition coefficient (Wildman–Crippen LogP) is 3.16. The molecule has 1 aliphatic heterocycles. The van der Waals surface area contributed by atoms with Crippen molar-refractivity contribution in [1.29, 1.82) is 0 Å². The lowest BCUT2D eigenvalue weighted by Gasteiger charge is -2.37. The molecule has 4 nitrogen and oxygen atoms in total. The Morgan fingerprint density at radius 1 is 1.45 bits per heavy atom. The van der Waals surface area contributed by atoms with Gasteiger partial charge in [0.2, 0.25) is 0 Å². The summed E-state index contributed by atoms with van der Waals surface area (Å²) in [5.74, 6) is 0.0750. The third-order valence-corrected chi connectivity index (χ3v) is 3.74. The van der Waals surface area contributed by atoms with Gasteiger partial charge in [-0.15, -0.1) is 0 Å². The van der Waals surface area contributed by atoms with E-state index in [4.69, 9.17) is 9.84 Å². The van der Waals surface area contributed by atoms with Crippen molar-refractivity contribution < 1.29 is 14.6 Å². The first-order valence-electron chi connectivity index (χ1n) is 6.96. The van der Waals surface area contributed by atoms with E-state index in [0.717, 1.165) is 5.56 Å². The normalized spacial score (nSPS) is 21.1. The molecular weight excluding hydrogens is 254 g/mol. The van der Waals surface area contributed by atoms with E-state index in [1.165, 1.54) is 5.56 Å². The summed E-state index contributed by atoms with van der Waals surface area (Å²) in [5.41, 5.74) is 2.28. The largest absolute Gasteiger partial charge is 0.465 e. The Labute approximate surface area is 120 Å². The highest BCUT2D eigenvalue weighted by Crippen LogP contribution is 2.41. The number of benzene rings is 1. The molecule has 110 valence electrons. The molecule has 3 atom stereocenters. The van der Waals surface area contributed by atoms with E-state index in [2.05, 4.69) is 51.2 Å². The Hall–Kier alpha value is -1.55. The summed E-state index contributed by atoms with van der Waals surface area (Å²) in [6, 6.07) is 8.07. The van der Waals surface area contributed by atoms with Crippen LogP contribution in [0, 0.1) is 12.3 Å². The molecule has 1 unspecified atom stereocenters. The Kier molecular flexibility index (Phi) is 4.04. The average Bonchev–Trinajstić information content (AvgIpc) is 3.09. The van der Waals surface area contributed by atoms with E-state index in [-0.39, 0.29) is 23.5 Å². The fourth-order valence-electron chi connectivity index (χ4n) is 2.91. The van der Waals surface area contributed by atoms with Gasteiger partial charge < -0.3 is 15.2 Å². The summed E-state index contributed by atoms with van der Waals surface area (Å²) in [7, 11) is 0. The number of ether oxygens (including phenoxy) is 1. The van der Waals surface area contributed by atoms with E-state index >= 15 is 0 Å². The number of amides is 1. The second kappa shape index (κ2) is 5.44. The van der Waals surface area contributed by atoms with Crippen LogP contribution >= 0.6 is 0 Å². The first-order valence-corrected chi connectivity index (χ1v) is 6.96. The zero-order valence-electron chi connectivity index (χ0n) is 12.5. The minimum Gasteiger partial charge on any atom is -0.465 e. The van der Waals surface area contributed by atoms with E-state index in [0.29, 0.717) is 6.61 Å². The minimum atomic E-state index is -0.993. The van der Waals surface area contributed by atoms with Crippen molar-refractivity contribution in [3.8, 4) is 0 Å². The molecule has 1 aromatic rings. The summed E-state index contributed by atoms with van der Waals surface area (Å²) < 4.78 is 5.37. The molecule has 2 N–H and O–H groups in total. The van der Waals surface area contributed by atoms with Gasteiger partial charge in [0, 0.05) is 5.92 Å². The maximum absolute atomic E-state index is 11.1. The molecule has 2 rings (SSSR count). The molecule has 0 radical (unpaired) electrons. The minimum absolute atomic E-state index is 0.0177. The van der Waals surface area contributed by atoms with Crippen molar-refractivity contribution >= 4 is 6.09 Å². The van der Waals surface area contributed by atoms with Crippen LogP contribution in [0.25, 0.3) is 0 Å². The molecular formula is C16H23NO3. The fourth-order valence-corrected chi connectivity index (χ4v) is 2.91. The van der Waals surface area contributed by atoms with Crippen LogP contribution < -0.4 is 5.32 Å². The van der Waals surface area contributed by atoms with Gasteiger partial charge >= 0.3 is 6.09 Å². The van der Waals surface area contributed by atoms with Crippen molar-refractivity contribution in [2.75, 3.05) is 6.61 Å². The van der Waals surface area contributed by atoms with Crippen LogP contribution in [-0.4, -0.2) is 30.0 Å². The van der Waals surface area contributed by atoms with Crippen LogP contribution in [0.2, 0.25) is 0 Å². The van der Waals surface area contributed by atoms with E-state index in [1.54, 1.807) is 0 Å². The lowest BCUT2D eigenvalue weighted by molar-refractivity contribution is 0.168. The number of carbonyl (C=O) groups is 1. The molecule has 1 saturated heterocycles. The molecule has 1 aromatic carbocycles. The van der Waals surface area contributed by atoms with Crippen molar-refractivity contribution in [2.45, 2.75) is 45.8 Å². The molecule has 0 aromatic heterocycles. The first-order chi connectivity index (χ1) is 9.29. The van der Waals surface area contributed by atoms with Crippen molar-refractivity contribution in [3.63, 3.8) is 0 Å². The Balaban J connectivity index is 2.38. The van der Waals surface area contributed by atoms with E-state index in [9.17, 15) is 4.79 Å². The second-order valence-corrected chi connectivity index (χ2v) is 6.60. The van der Waals surface area contributed by atoms with Crippen molar-refractivity contribution in [1.82, 2.24) is 5.32 Å². The van der Waals surface area contributed by atoms with E-state index < -0.39 is 6.09 Å². The number of hydrogen-bond acceptors (Lipinski definition) is 2. The molecule has 0 aliphatic carbocycles. The molecule has 1 amide bonds. The van der Waals surface area contributed by atoms with Gasteiger partial charge in [-0.05, 0) is 17.9 Å². The topological polar surface area (TPSA) is 61.9 Å². The third-order valence-electron chi connectivity index (χ3n) is 3.74. The fraction of sp³-hybridized carbons (Fsp3) is 0.562. The molecule has 0 spiro atoms. The van der Waals surface area contributed by atoms with Crippen LogP contribution in [0.3, 0.4) is 0 Å². The Bertz CT molecular complexity index is 489. The lowest BCUT2D eigenvalue weighted by atomic mass is 9.71. The molecule has 1 fully saturated rings. The van der Waals surface area contributed by atoms with Crippen LogP contribution in [0.5, 0.6) is 0 Å². The lowest BCUT2D eigenvalue weighted by Crippen LogP contribution is -2.46. The SMILES string of the molecule is Cc1cccc([C@@H](C(NC(=O)O)[C@H]2CO2)C(C)(C)C)c1. The highest BCUT2D eigenvalue weighted by atomic mass is 16.6. The smallest absolute Gasteiger partial charge is 0.404 e. The standard InChI is InChI=1S/C16H23NO3/c1-10-6-5-7-11(8-10)13(16(2,3)4)14(12-9-20-12)17-15(18)19/h5-8,12-14,17H,9H2,1-4H3,(H,18,19)/t12-,13+,14?/m1/s1. The van der Waals surface area contributed by atoms with Gasteiger partial charge in [-0.25, -0.2) is 4.79 Å². The van der Waals surface area contributed by atoms with Crippen molar-refractivity contribution in [2.24, 2.45) is 5.41 Å². The highest BCUT2D eigenvalue weighted by Gasteiger charge is 2.44. The van der Waals surface area contributed by atoms with E-state index in [1.807, 2.05) is 6.07 Å². The zero-order chi connectivity index (χ0) is 14.9. The molecule has 4 heteroatoms. The summed E-state index contributed by atoms with van der Waals surface area (Å²) in [6.07, 6.45) is -1.01. The number of rotatable bonds is 4. The molecule has 1 heterocycles. The number of hydrogen-bond donors (Lipinski definition) is 2. The third kappa shape index (κ3) is 3.51. The van der Waals surface area contributed by atoms with Crippen LogP contribution in [0.4, 0.5) is 4.79 Å². The van der Waals surface area contributed by atoms with Crippen LogP contribution in [0.1, 0.15) is 37.8 Å². The van der Waals surface area contributed by atoms with Crippen LogP contribution in [-0.2, 0) is 4.74 Å². The van der Waals surface area contributed by atoms with Gasteiger partial charge in [-0.1, -0.05) is 50.6 Å². The number of nitrogens with one attached hydrogen (secondary N) is 1. The summed E-state index contributed by atoms with van der Waals surface area (Å²) >= 11 is 0. The maximum atomic E-state index is 11.1. The monoisotopic (exact) mass is 277 g/mol. The second-order valence-electron chi connectivity index (χ2n) is 6.60. The number of aryl methyl sites for hydroxylation is 1. The molecule has 1 aliphatic rings. The predicted molar refractivity (Wildman–Crippen MR) is 78.1 cm³/mol. The summed E-state index contributed by atoms with van der Waals surface area (Å²) in [4.78, 5) is 11.1. The quantitative estimate of drug-likeness (QED) is 0.831. The van der Waals surface area contributed by atoms with Crippen molar-refractivity contribution in [3.05, 3.63) is 35.4 Å². The van der Waals surface area contributed by atoms with Gasteiger partial charge in [0.1, 0.15) is 6.10 Å². The number of epoxide rings is 1. The number of carboxylic acid groups (broad SMARTS) is 1. The summed E-state index contributed by atoms with van der Waals surface area (Å²) in [6.45, 7) is 9.09. The molecule has 0 saturated carbocycles. The first kappa shape index (κ1) is 14.9. The van der Waals surface area contributed by atoms with Gasteiger partial charge in [0.15, 0.2) is 0 Å². The maximum Gasteiger partial charge on any atom is 0.404 e. The Morgan fingerprint density at radius 3 is 2.55 bits per heavy atom.